The van der Waals surface area contributed by atoms with Crippen molar-refractivity contribution in [2.24, 2.45) is 0 Å². The van der Waals surface area contributed by atoms with Crippen LogP contribution in [0.25, 0.3) is 10.2 Å². The summed E-state index contributed by atoms with van der Waals surface area (Å²) in [5.41, 5.74) is 1.96. The van der Waals surface area contributed by atoms with Gasteiger partial charge in [0.15, 0.2) is 5.13 Å². The Morgan fingerprint density at radius 1 is 1.23 bits per heavy atom. The molecule has 0 aliphatic carbocycles. The third-order valence-electron chi connectivity index (χ3n) is 5.23. The Balaban J connectivity index is 1.58. The van der Waals surface area contributed by atoms with E-state index in [-0.39, 0.29) is 11.4 Å². The summed E-state index contributed by atoms with van der Waals surface area (Å²) in [6, 6.07) is 9.77. The van der Waals surface area contributed by atoms with Crippen LogP contribution in [-0.2, 0) is 14.8 Å². The Morgan fingerprint density at radius 2 is 1.97 bits per heavy atom. The quantitative estimate of drug-likeness (QED) is 0.631. The van der Waals surface area contributed by atoms with Gasteiger partial charge in [-0.3, -0.25) is 4.79 Å². The maximum absolute atomic E-state index is 13.2. The number of hydrogen-bond donors (Lipinski definition) is 1. The Kier molecular flexibility index (Phi) is 5.61. The number of halogens is 1. The molecule has 9 heteroatoms. The van der Waals surface area contributed by atoms with Crippen LogP contribution in [0.15, 0.2) is 47.4 Å². The second-order valence-corrected chi connectivity index (χ2v) is 10.5. The van der Waals surface area contributed by atoms with E-state index in [1.54, 1.807) is 0 Å². The first-order valence-corrected chi connectivity index (χ1v) is 12.0. The van der Waals surface area contributed by atoms with E-state index in [4.69, 9.17) is 0 Å². The molecule has 1 N–H and O–H groups in total. The van der Waals surface area contributed by atoms with Crippen molar-refractivity contribution >= 4 is 42.6 Å². The van der Waals surface area contributed by atoms with E-state index in [0.717, 1.165) is 27.9 Å². The second kappa shape index (κ2) is 8.05. The number of para-hydroxylation sites is 1. The van der Waals surface area contributed by atoms with Crippen molar-refractivity contribution in [3.8, 4) is 0 Å². The van der Waals surface area contributed by atoms with Crippen molar-refractivity contribution in [1.29, 1.82) is 0 Å². The molecule has 1 unspecified atom stereocenters. The molecule has 1 aliphatic rings. The van der Waals surface area contributed by atoms with Gasteiger partial charge in [0.05, 0.1) is 15.1 Å². The number of anilines is 1. The molecule has 1 aromatic heterocycles. The lowest BCUT2D eigenvalue weighted by Crippen LogP contribution is -2.43. The molecule has 1 amide bonds. The van der Waals surface area contributed by atoms with Gasteiger partial charge in [0, 0.05) is 6.54 Å². The van der Waals surface area contributed by atoms with Crippen molar-refractivity contribution in [2.45, 2.75) is 43.5 Å². The number of nitrogens with zero attached hydrogens (tertiary/aromatic N) is 2. The highest BCUT2D eigenvalue weighted by Gasteiger charge is 2.39. The molecular weight excluding hydrogens is 425 g/mol. The maximum atomic E-state index is 13.2. The average Bonchev–Trinajstić information content (AvgIpc) is 3.35. The zero-order valence-electron chi connectivity index (χ0n) is 16.6. The Bertz CT molecular complexity index is 1190. The van der Waals surface area contributed by atoms with Gasteiger partial charge >= 0.3 is 0 Å². The summed E-state index contributed by atoms with van der Waals surface area (Å²) in [6.45, 7) is 4.42. The molecule has 4 rings (SSSR count). The molecule has 2 heterocycles. The summed E-state index contributed by atoms with van der Waals surface area (Å²) in [5.74, 6) is -0.616. The van der Waals surface area contributed by atoms with Crippen LogP contribution in [0.2, 0.25) is 0 Å². The minimum absolute atomic E-state index is 0.0230. The second-order valence-electron chi connectivity index (χ2n) is 7.58. The van der Waals surface area contributed by atoms with Gasteiger partial charge in [0.1, 0.15) is 11.9 Å². The van der Waals surface area contributed by atoms with Gasteiger partial charge in [0.2, 0.25) is 15.9 Å². The van der Waals surface area contributed by atoms with Crippen molar-refractivity contribution < 1.29 is 17.6 Å². The van der Waals surface area contributed by atoms with E-state index >= 15 is 0 Å². The Morgan fingerprint density at radius 3 is 2.67 bits per heavy atom. The molecule has 6 nitrogen and oxygen atoms in total. The highest BCUT2D eigenvalue weighted by Crippen LogP contribution is 2.33. The predicted molar refractivity (Wildman–Crippen MR) is 116 cm³/mol. The monoisotopic (exact) mass is 447 g/mol. The number of fused-ring (bicyclic) bond motifs is 1. The van der Waals surface area contributed by atoms with Gasteiger partial charge in [-0.2, -0.15) is 4.31 Å². The average molecular weight is 448 g/mol. The van der Waals surface area contributed by atoms with Gasteiger partial charge in [-0.1, -0.05) is 37.3 Å². The molecular formula is C21H22FN3O3S2. The third-order valence-corrected chi connectivity index (χ3v) is 8.09. The first-order valence-electron chi connectivity index (χ1n) is 9.75. The number of aromatic nitrogens is 1. The molecule has 1 atom stereocenters. The summed E-state index contributed by atoms with van der Waals surface area (Å²) >= 11 is 1.37. The normalized spacial score (nSPS) is 17.7. The Labute approximate surface area is 178 Å². The number of carbonyl (C=O) groups excluding carboxylic acids is 1. The molecule has 0 bridgehead atoms. The smallest absolute Gasteiger partial charge is 0.244 e. The van der Waals surface area contributed by atoms with Crippen LogP contribution < -0.4 is 5.32 Å². The van der Waals surface area contributed by atoms with E-state index in [1.165, 1.54) is 27.8 Å². The van der Waals surface area contributed by atoms with Crippen LogP contribution in [0, 0.1) is 5.82 Å². The first kappa shape index (κ1) is 20.9. The molecule has 1 saturated heterocycles. The predicted octanol–water partition coefficient (Wildman–Crippen LogP) is 4.35. The molecule has 1 aliphatic heterocycles. The van der Waals surface area contributed by atoms with Gasteiger partial charge in [-0.15, -0.1) is 0 Å². The van der Waals surface area contributed by atoms with Gasteiger partial charge in [0.25, 0.3) is 0 Å². The van der Waals surface area contributed by atoms with E-state index in [0.29, 0.717) is 23.9 Å². The summed E-state index contributed by atoms with van der Waals surface area (Å²) in [6.07, 6.45) is 1.00. The lowest BCUT2D eigenvalue weighted by molar-refractivity contribution is -0.119. The third kappa shape index (κ3) is 3.84. The number of benzene rings is 2. The van der Waals surface area contributed by atoms with E-state index in [2.05, 4.69) is 24.1 Å². The summed E-state index contributed by atoms with van der Waals surface area (Å²) < 4.78 is 41.3. The number of carbonyl (C=O) groups is 1. The van der Waals surface area contributed by atoms with Crippen molar-refractivity contribution in [1.82, 2.24) is 9.29 Å². The molecule has 0 saturated carbocycles. The van der Waals surface area contributed by atoms with Crippen LogP contribution in [-0.4, -0.2) is 36.2 Å². The number of rotatable bonds is 5. The van der Waals surface area contributed by atoms with Gasteiger partial charge < -0.3 is 5.32 Å². The van der Waals surface area contributed by atoms with Crippen molar-refractivity contribution in [3.63, 3.8) is 0 Å². The van der Waals surface area contributed by atoms with Crippen LogP contribution in [0.3, 0.4) is 0 Å². The van der Waals surface area contributed by atoms with E-state index in [1.807, 2.05) is 18.2 Å². The topological polar surface area (TPSA) is 79.4 Å². The van der Waals surface area contributed by atoms with Gasteiger partial charge in [-0.05, 0) is 54.7 Å². The minimum atomic E-state index is -3.90. The Hall–Kier alpha value is -2.36. The maximum Gasteiger partial charge on any atom is 0.244 e. The summed E-state index contributed by atoms with van der Waals surface area (Å²) in [5, 5.41) is 3.26. The lowest BCUT2D eigenvalue weighted by Gasteiger charge is -2.23. The summed E-state index contributed by atoms with van der Waals surface area (Å²) in [4.78, 5) is 17.5. The minimum Gasteiger partial charge on any atom is -0.301 e. The van der Waals surface area contributed by atoms with Crippen molar-refractivity contribution in [2.75, 3.05) is 11.9 Å². The van der Waals surface area contributed by atoms with Crippen LogP contribution >= 0.6 is 11.3 Å². The van der Waals surface area contributed by atoms with Crippen molar-refractivity contribution in [3.05, 3.63) is 53.8 Å². The number of hydrogen-bond acceptors (Lipinski definition) is 5. The zero-order chi connectivity index (χ0) is 21.5. The molecule has 30 heavy (non-hydrogen) atoms. The standard InChI is InChI=1S/C21H22FN3O3S2/c1-13(2)16-5-3-7-18-19(16)23-21(29-18)24-20(26)17-6-4-12-25(17)30(27,28)15-10-8-14(22)9-11-15/h3,5,7-11,13,17H,4,6,12H2,1-2H3,(H,23,24,26). The fraction of sp³-hybridized carbons (Fsp3) is 0.333. The fourth-order valence-corrected chi connectivity index (χ4v) is 6.27. The lowest BCUT2D eigenvalue weighted by atomic mass is 10.0. The number of amides is 1. The molecule has 0 radical (unpaired) electrons. The SMILES string of the molecule is CC(C)c1cccc2sc(NC(=O)C3CCCN3S(=O)(=O)c3ccc(F)cc3)nc12. The largest absolute Gasteiger partial charge is 0.301 e. The highest BCUT2D eigenvalue weighted by molar-refractivity contribution is 7.89. The summed E-state index contributed by atoms with van der Waals surface area (Å²) in [7, 11) is -3.90. The molecule has 158 valence electrons. The zero-order valence-corrected chi connectivity index (χ0v) is 18.3. The molecule has 2 aromatic carbocycles. The number of sulfonamides is 1. The molecule has 1 fully saturated rings. The molecule has 0 spiro atoms. The van der Waals surface area contributed by atoms with Crippen LogP contribution in [0.1, 0.15) is 38.2 Å². The van der Waals surface area contributed by atoms with Crippen LogP contribution in [0.4, 0.5) is 9.52 Å². The van der Waals surface area contributed by atoms with E-state index < -0.39 is 27.8 Å². The highest BCUT2D eigenvalue weighted by atomic mass is 32.2. The molecule has 3 aromatic rings. The first-order chi connectivity index (χ1) is 14.3. The van der Waals surface area contributed by atoms with Gasteiger partial charge in [-0.25, -0.2) is 17.8 Å². The van der Waals surface area contributed by atoms with E-state index in [9.17, 15) is 17.6 Å². The fourth-order valence-electron chi connectivity index (χ4n) is 3.71. The number of thiazole rings is 1. The number of nitrogens with one attached hydrogen (secondary N) is 1. The van der Waals surface area contributed by atoms with Crippen LogP contribution in [0.5, 0.6) is 0 Å².